The topological polar surface area (TPSA) is 92.4 Å². The summed E-state index contributed by atoms with van der Waals surface area (Å²) in [6.07, 6.45) is 3.37. The fraction of sp³-hybridized carbons (Fsp3) is 0.483. The van der Waals surface area contributed by atoms with Crippen LogP contribution in [0.1, 0.15) is 32.1 Å². The Balaban J connectivity index is 1.28. The molecule has 2 aromatic carbocycles. The highest BCUT2D eigenvalue weighted by Crippen LogP contribution is 2.44. The molecule has 0 unspecified atom stereocenters. The van der Waals surface area contributed by atoms with Crippen molar-refractivity contribution in [2.24, 2.45) is 0 Å². The van der Waals surface area contributed by atoms with Crippen LogP contribution in [0.2, 0.25) is 5.02 Å². The summed E-state index contributed by atoms with van der Waals surface area (Å²) >= 11 is 7.79. The molecule has 4 atom stereocenters. The van der Waals surface area contributed by atoms with E-state index in [1.807, 2.05) is 0 Å². The van der Waals surface area contributed by atoms with Gasteiger partial charge in [-0.25, -0.2) is 18.2 Å². The zero-order chi connectivity index (χ0) is 28.7. The molecule has 5 fully saturated rings. The molecule has 220 valence electrons. The first-order chi connectivity index (χ1) is 20.3. The van der Waals surface area contributed by atoms with E-state index in [2.05, 4.69) is 25.1 Å². The van der Waals surface area contributed by atoms with Crippen molar-refractivity contribution in [1.82, 2.24) is 25.2 Å². The molecule has 2 aromatic heterocycles. The highest BCUT2D eigenvalue weighted by atomic mass is 35.5. The van der Waals surface area contributed by atoms with Crippen LogP contribution in [-0.4, -0.2) is 76.4 Å². The van der Waals surface area contributed by atoms with Crippen LogP contribution in [0.5, 0.6) is 6.01 Å². The van der Waals surface area contributed by atoms with Gasteiger partial charge in [-0.2, -0.15) is 9.97 Å². The lowest BCUT2D eigenvalue weighted by atomic mass is 9.92. The van der Waals surface area contributed by atoms with Crippen LogP contribution in [0.4, 0.5) is 24.1 Å². The highest BCUT2D eigenvalue weighted by Gasteiger charge is 2.49. The van der Waals surface area contributed by atoms with Gasteiger partial charge in [-0.1, -0.05) is 22.9 Å². The van der Waals surface area contributed by atoms with E-state index in [0.29, 0.717) is 35.8 Å². The van der Waals surface area contributed by atoms with Gasteiger partial charge >= 0.3 is 6.01 Å². The number of fused-ring (bicyclic) bond motifs is 6. The molecule has 13 heteroatoms. The second-order valence-corrected chi connectivity index (χ2v) is 13.4. The molecule has 3 N–H and O–H groups in total. The number of alkyl halides is 1. The first-order valence-corrected chi connectivity index (χ1v) is 15.6. The Morgan fingerprint density at radius 2 is 2.05 bits per heavy atom. The van der Waals surface area contributed by atoms with Crippen LogP contribution in [0.25, 0.3) is 32.2 Å². The lowest BCUT2D eigenvalue weighted by Gasteiger charge is -2.46. The first-order valence-electron chi connectivity index (χ1n) is 14.4. The van der Waals surface area contributed by atoms with E-state index < -0.39 is 23.3 Å². The van der Waals surface area contributed by atoms with Crippen molar-refractivity contribution in [3.05, 3.63) is 34.9 Å². The standard InChI is InChI=1S/C29H29ClF3N7OS/c30-19-8-18-23(22(33)21(19)17-4-5-20(32)25-24(17)36-27(34)42-25)37-28(38-26(18)40-12-15-2-3-16(40)10-35-15)41-13-29-6-1-7-39(29)11-14(31)9-29/h4-5,8,14-16,35H,1-3,6-7,9-13H2,(H2,34,36)/t14-,15+,16+,29+/m1/s1. The number of piperidine rings is 2. The Labute approximate surface area is 249 Å². The van der Waals surface area contributed by atoms with Crippen molar-refractivity contribution in [2.75, 3.05) is 43.4 Å². The zero-order valence-corrected chi connectivity index (χ0v) is 24.2. The minimum absolute atomic E-state index is 0.0461. The van der Waals surface area contributed by atoms with Crippen LogP contribution >= 0.6 is 22.9 Å². The number of rotatable bonds is 5. The molecule has 2 bridgehead atoms. The highest BCUT2D eigenvalue weighted by molar-refractivity contribution is 7.22. The second-order valence-electron chi connectivity index (χ2n) is 12.0. The number of nitrogens with one attached hydrogen (secondary N) is 1. The van der Waals surface area contributed by atoms with Crippen molar-refractivity contribution >= 4 is 55.0 Å². The van der Waals surface area contributed by atoms with Crippen molar-refractivity contribution in [1.29, 1.82) is 0 Å². The summed E-state index contributed by atoms with van der Waals surface area (Å²) in [5.41, 5.74) is 6.18. The van der Waals surface area contributed by atoms with E-state index in [9.17, 15) is 8.78 Å². The maximum atomic E-state index is 16.7. The lowest BCUT2D eigenvalue weighted by Crippen LogP contribution is -2.61. The number of hydrogen-bond acceptors (Lipinski definition) is 9. The number of nitrogens with two attached hydrogens (primary N) is 1. The van der Waals surface area contributed by atoms with E-state index in [1.165, 1.54) is 12.1 Å². The molecule has 0 saturated carbocycles. The molecular formula is C29H29ClF3N7OS. The average molecular weight is 616 g/mol. The largest absolute Gasteiger partial charge is 0.461 e. The summed E-state index contributed by atoms with van der Waals surface area (Å²) in [6, 6.07) is 4.93. The van der Waals surface area contributed by atoms with Gasteiger partial charge in [0.15, 0.2) is 10.9 Å². The predicted molar refractivity (Wildman–Crippen MR) is 158 cm³/mol. The minimum Gasteiger partial charge on any atom is -0.461 e. The normalized spacial score (nSPS) is 27.4. The van der Waals surface area contributed by atoms with Crippen LogP contribution < -0.4 is 20.7 Å². The Morgan fingerprint density at radius 1 is 1.17 bits per heavy atom. The van der Waals surface area contributed by atoms with Crippen molar-refractivity contribution in [3.63, 3.8) is 0 Å². The van der Waals surface area contributed by atoms with Gasteiger partial charge < -0.3 is 20.7 Å². The molecule has 5 aliphatic heterocycles. The monoisotopic (exact) mass is 615 g/mol. The quantitative estimate of drug-likeness (QED) is 0.312. The minimum atomic E-state index is -0.896. The van der Waals surface area contributed by atoms with E-state index in [-0.39, 0.29) is 50.1 Å². The van der Waals surface area contributed by atoms with Crippen LogP contribution in [-0.2, 0) is 0 Å². The summed E-state index contributed by atoms with van der Waals surface area (Å²) in [6.45, 7) is 2.98. The van der Waals surface area contributed by atoms with Crippen LogP contribution in [0, 0.1) is 11.6 Å². The van der Waals surface area contributed by atoms with Crippen molar-refractivity contribution < 1.29 is 17.9 Å². The summed E-state index contributed by atoms with van der Waals surface area (Å²) in [5, 5.41) is 4.33. The molecule has 5 saturated heterocycles. The van der Waals surface area contributed by atoms with Gasteiger partial charge in [0, 0.05) is 54.7 Å². The fourth-order valence-corrected chi connectivity index (χ4v) is 8.56. The Bertz CT molecular complexity index is 1730. The second kappa shape index (κ2) is 9.80. The molecule has 42 heavy (non-hydrogen) atoms. The van der Waals surface area contributed by atoms with E-state index >= 15 is 4.39 Å². The van der Waals surface area contributed by atoms with E-state index in [4.69, 9.17) is 27.1 Å². The predicted octanol–water partition coefficient (Wildman–Crippen LogP) is 5.32. The molecule has 9 rings (SSSR count). The smallest absolute Gasteiger partial charge is 0.319 e. The summed E-state index contributed by atoms with van der Waals surface area (Å²) < 4.78 is 52.2. The summed E-state index contributed by atoms with van der Waals surface area (Å²) in [4.78, 5) is 18.0. The van der Waals surface area contributed by atoms with E-state index in [0.717, 1.165) is 56.7 Å². The van der Waals surface area contributed by atoms with Crippen LogP contribution in [0.15, 0.2) is 18.2 Å². The Morgan fingerprint density at radius 3 is 2.83 bits per heavy atom. The number of benzene rings is 2. The maximum Gasteiger partial charge on any atom is 0.319 e. The van der Waals surface area contributed by atoms with Gasteiger partial charge in [0.25, 0.3) is 0 Å². The van der Waals surface area contributed by atoms with Gasteiger partial charge in [-0.3, -0.25) is 4.90 Å². The molecular weight excluding hydrogens is 587 g/mol. The van der Waals surface area contributed by atoms with Crippen LogP contribution in [0.3, 0.4) is 0 Å². The SMILES string of the molecule is Nc1nc2c(-c3c(Cl)cc4c(N5C[C@@H]6CC[C@H]5CN6)nc(OC[C@@]56CCCN5C[C@H](F)C6)nc4c3F)ccc(F)c2s1. The molecule has 0 spiro atoms. The van der Waals surface area contributed by atoms with Gasteiger partial charge in [-0.15, -0.1) is 0 Å². The van der Waals surface area contributed by atoms with Crippen molar-refractivity contribution in [3.8, 4) is 17.1 Å². The summed E-state index contributed by atoms with van der Waals surface area (Å²) in [7, 11) is 0. The number of thiazole rings is 1. The number of hydrogen-bond donors (Lipinski definition) is 2. The van der Waals surface area contributed by atoms with Gasteiger partial charge in [0.1, 0.15) is 29.9 Å². The Hall–Kier alpha value is -2.93. The first kappa shape index (κ1) is 26.7. The third-order valence-corrected chi connectivity index (χ3v) is 10.7. The number of ether oxygens (including phenoxy) is 1. The third-order valence-electron chi connectivity index (χ3n) is 9.47. The number of aromatic nitrogens is 3. The number of nitrogens with zero attached hydrogens (tertiary/aromatic N) is 5. The van der Waals surface area contributed by atoms with E-state index in [1.54, 1.807) is 6.07 Å². The molecule has 0 aliphatic carbocycles. The Kier molecular flexibility index (Phi) is 6.22. The number of nitrogen functional groups attached to an aromatic ring is 1. The van der Waals surface area contributed by atoms with Gasteiger partial charge in [0.2, 0.25) is 0 Å². The number of anilines is 2. The summed E-state index contributed by atoms with van der Waals surface area (Å²) in [5.74, 6) is -0.593. The molecule has 0 radical (unpaired) electrons. The molecule has 5 aliphatic rings. The average Bonchev–Trinajstić information content (AvgIpc) is 3.65. The fourth-order valence-electron chi connectivity index (χ4n) is 7.50. The third kappa shape index (κ3) is 4.13. The molecule has 0 amide bonds. The zero-order valence-electron chi connectivity index (χ0n) is 22.7. The molecule has 8 nitrogen and oxygen atoms in total. The number of piperazine rings is 1. The van der Waals surface area contributed by atoms with Gasteiger partial charge in [-0.05, 0) is 50.4 Å². The molecule has 4 aromatic rings. The lowest BCUT2D eigenvalue weighted by molar-refractivity contribution is 0.107. The van der Waals surface area contributed by atoms with Crippen molar-refractivity contribution in [2.45, 2.75) is 55.9 Å². The maximum absolute atomic E-state index is 16.7. The van der Waals surface area contributed by atoms with Gasteiger partial charge in [0.05, 0.1) is 20.8 Å². The number of halogens is 4. The molecule has 7 heterocycles.